The van der Waals surface area contributed by atoms with Gasteiger partial charge in [-0.3, -0.25) is 19.7 Å². The molecule has 0 radical (unpaired) electrons. The number of halogens is 4. The zero-order valence-corrected chi connectivity index (χ0v) is 18.0. The van der Waals surface area contributed by atoms with Crippen molar-refractivity contribution in [3.05, 3.63) is 58.1 Å². The lowest BCUT2D eigenvalue weighted by molar-refractivity contribution is -0.388. The first-order valence-corrected chi connectivity index (χ1v) is 9.95. The van der Waals surface area contributed by atoms with Crippen LogP contribution in [0.4, 0.5) is 30.2 Å². The number of benzene rings is 2. The molecule has 0 aliphatic rings. The normalized spacial score (nSPS) is 13.1. The molecule has 0 aromatic heterocycles. The molecule has 3 N–H and O–H groups in total. The number of carbonyl (C=O) groups excluding carboxylic acids is 2. The highest BCUT2D eigenvalue weighted by Gasteiger charge is 2.38. The van der Waals surface area contributed by atoms with Crippen molar-refractivity contribution in [3.8, 4) is 5.75 Å². The van der Waals surface area contributed by atoms with E-state index in [0.717, 1.165) is 6.07 Å². The van der Waals surface area contributed by atoms with Crippen LogP contribution >= 0.6 is 15.9 Å². The number of nitro benzene ring substituents is 1. The molecule has 2 rings (SSSR count). The second kappa shape index (κ2) is 9.96. The van der Waals surface area contributed by atoms with Gasteiger partial charge in [0.05, 0.1) is 16.7 Å². The number of nitro groups is 1. The summed E-state index contributed by atoms with van der Waals surface area (Å²) in [4.78, 5) is 33.1. The van der Waals surface area contributed by atoms with Crippen molar-refractivity contribution in [1.29, 1.82) is 0 Å². The number of hydrogen-bond acceptors (Lipinski definition) is 6. The van der Waals surface area contributed by atoms with Crippen molar-refractivity contribution in [2.45, 2.75) is 25.3 Å². The van der Waals surface area contributed by atoms with Gasteiger partial charge in [0.15, 0.2) is 0 Å². The predicted octanol–water partition coefficient (Wildman–Crippen LogP) is 4.06. The average molecular weight is 520 g/mol. The van der Waals surface area contributed by atoms with E-state index >= 15 is 0 Å². The maximum Gasteiger partial charge on any atom is 0.423 e. The Morgan fingerprint density at radius 3 is 2.19 bits per heavy atom. The van der Waals surface area contributed by atoms with E-state index in [1.54, 1.807) is 0 Å². The number of hydrogen-bond donors (Lipinski definition) is 3. The standard InChI is InChI=1S/C19H17BrF3N3O6/c1-18(29,32-13-5-2-11(3-6-13)24-17(28)10-20)9-16(27)25-12-4-7-15(26(30)31)14(8-12)19(21,22)23/h2-8,29H,9-10H2,1H3,(H,24,28)(H,25,27)/t18-/m1/s1. The highest BCUT2D eigenvalue weighted by Crippen LogP contribution is 2.37. The van der Waals surface area contributed by atoms with E-state index in [0.29, 0.717) is 17.8 Å². The summed E-state index contributed by atoms with van der Waals surface area (Å²) in [5.74, 6) is -3.03. The number of nitrogens with one attached hydrogen (secondary N) is 2. The minimum Gasteiger partial charge on any atom is -0.462 e. The van der Waals surface area contributed by atoms with E-state index < -0.39 is 40.5 Å². The topological polar surface area (TPSA) is 131 Å². The molecule has 2 amide bonds. The molecule has 0 saturated heterocycles. The Hall–Kier alpha value is -3.19. The first kappa shape index (κ1) is 25.1. The number of amides is 2. The van der Waals surface area contributed by atoms with Gasteiger partial charge in [-0.25, -0.2) is 0 Å². The molecule has 0 bridgehead atoms. The van der Waals surface area contributed by atoms with Gasteiger partial charge in [0.25, 0.3) is 5.69 Å². The van der Waals surface area contributed by atoms with E-state index in [9.17, 15) is 38.0 Å². The molecule has 0 fully saturated rings. The Labute approximate surface area is 187 Å². The van der Waals surface area contributed by atoms with Crippen molar-refractivity contribution in [3.63, 3.8) is 0 Å². The van der Waals surface area contributed by atoms with Crippen LogP contribution in [0.2, 0.25) is 0 Å². The molecule has 0 heterocycles. The molecule has 32 heavy (non-hydrogen) atoms. The molecule has 172 valence electrons. The van der Waals surface area contributed by atoms with E-state index in [-0.39, 0.29) is 22.7 Å². The van der Waals surface area contributed by atoms with Crippen LogP contribution in [0, 0.1) is 10.1 Å². The van der Waals surface area contributed by atoms with Crippen LogP contribution in [-0.4, -0.2) is 33.0 Å². The van der Waals surface area contributed by atoms with Gasteiger partial charge in [-0.1, -0.05) is 15.9 Å². The third kappa shape index (κ3) is 7.20. The summed E-state index contributed by atoms with van der Waals surface area (Å²) in [6, 6.07) is 7.88. The van der Waals surface area contributed by atoms with Gasteiger partial charge in [0, 0.05) is 24.4 Å². The maximum atomic E-state index is 13.1. The van der Waals surface area contributed by atoms with Crippen LogP contribution in [0.1, 0.15) is 18.9 Å². The number of rotatable bonds is 8. The number of nitrogens with zero attached hydrogens (tertiary/aromatic N) is 1. The number of carbonyl (C=O) groups is 2. The van der Waals surface area contributed by atoms with Crippen molar-refractivity contribution in [2.24, 2.45) is 0 Å². The average Bonchev–Trinajstić information content (AvgIpc) is 2.67. The Morgan fingerprint density at radius 1 is 1.09 bits per heavy atom. The van der Waals surface area contributed by atoms with Gasteiger partial charge >= 0.3 is 6.18 Å². The molecule has 0 spiro atoms. The fraction of sp³-hybridized carbons (Fsp3) is 0.263. The summed E-state index contributed by atoms with van der Waals surface area (Å²) >= 11 is 3.00. The summed E-state index contributed by atoms with van der Waals surface area (Å²) in [6.45, 7) is 1.17. The van der Waals surface area contributed by atoms with Crippen LogP contribution in [0.25, 0.3) is 0 Å². The molecule has 13 heteroatoms. The van der Waals surface area contributed by atoms with Crippen molar-refractivity contribution in [1.82, 2.24) is 0 Å². The number of anilines is 2. The third-order valence-corrected chi connectivity index (χ3v) is 4.38. The van der Waals surface area contributed by atoms with Crippen LogP contribution < -0.4 is 15.4 Å². The van der Waals surface area contributed by atoms with Crippen LogP contribution in [-0.2, 0) is 15.8 Å². The van der Waals surface area contributed by atoms with Crippen molar-refractivity contribution in [2.75, 3.05) is 16.0 Å². The Balaban J connectivity index is 2.05. The van der Waals surface area contributed by atoms with Gasteiger partial charge in [0.1, 0.15) is 11.3 Å². The lowest BCUT2D eigenvalue weighted by atomic mass is 10.1. The van der Waals surface area contributed by atoms with Crippen molar-refractivity contribution < 1.29 is 37.5 Å². The van der Waals surface area contributed by atoms with Crippen molar-refractivity contribution >= 4 is 44.8 Å². The summed E-state index contributed by atoms with van der Waals surface area (Å²) in [7, 11) is 0. The zero-order valence-electron chi connectivity index (χ0n) is 16.4. The molecular weight excluding hydrogens is 503 g/mol. The minimum absolute atomic E-state index is 0.105. The highest BCUT2D eigenvalue weighted by molar-refractivity contribution is 9.09. The molecule has 9 nitrogen and oxygen atoms in total. The summed E-state index contributed by atoms with van der Waals surface area (Å²) in [5.41, 5.74) is -2.54. The van der Waals surface area contributed by atoms with Gasteiger partial charge in [0.2, 0.25) is 17.6 Å². The first-order chi connectivity index (χ1) is 14.8. The molecule has 0 unspecified atom stereocenters. The fourth-order valence-electron chi connectivity index (χ4n) is 2.59. The molecule has 0 aliphatic carbocycles. The second-order valence-corrected chi connectivity index (χ2v) is 7.26. The Bertz CT molecular complexity index is 1010. The SMILES string of the molecule is C[C@](O)(CC(=O)Nc1ccc([N+](=O)[O-])c(C(F)(F)F)c1)Oc1ccc(NC(=O)CBr)cc1. The third-order valence-electron chi connectivity index (χ3n) is 3.87. The molecule has 0 aliphatic heterocycles. The van der Waals surface area contributed by atoms with E-state index in [1.807, 2.05) is 0 Å². The summed E-state index contributed by atoms with van der Waals surface area (Å²) in [6.07, 6.45) is -5.66. The number of alkyl halides is 4. The maximum absolute atomic E-state index is 13.1. The van der Waals surface area contributed by atoms with Gasteiger partial charge < -0.3 is 20.5 Å². The largest absolute Gasteiger partial charge is 0.462 e. The summed E-state index contributed by atoms with van der Waals surface area (Å²) in [5, 5.41) is 26.0. The smallest absolute Gasteiger partial charge is 0.423 e. The first-order valence-electron chi connectivity index (χ1n) is 8.83. The van der Waals surface area contributed by atoms with Crippen LogP contribution in [0.5, 0.6) is 5.75 Å². The fourth-order valence-corrected chi connectivity index (χ4v) is 2.73. The lowest BCUT2D eigenvalue weighted by Gasteiger charge is -2.24. The van der Waals surface area contributed by atoms with Gasteiger partial charge in [-0.15, -0.1) is 0 Å². The molecule has 2 aromatic rings. The van der Waals surface area contributed by atoms with E-state index in [1.165, 1.54) is 31.2 Å². The quantitative estimate of drug-likeness (QED) is 0.208. The molecule has 0 saturated carbocycles. The molecule has 1 atom stereocenters. The number of ether oxygens (including phenoxy) is 1. The molecule has 2 aromatic carbocycles. The Kier molecular flexibility index (Phi) is 7.80. The Morgan fingerprint density at radius 2 is 1.66 bits per heavy atom. The highest BCUT2D eigenvalue weighted by atomic mass is 79.9. The van der Waals surface area contributed by atoms with E-state index in [4.69, 9.17) is 4.74 Å². The minimum atomic E-state index is -5.00. The van der Waals surface area contributed by atoms with Crippen LogP contribution in [0.15, 0.2) is 42.5 Å². The second-order valence-electron chi connectivity index (χ2n) is 6.70. The predicted molar refractivity (Wildman–Crippen MR) is 111 cm³/mol. The van der Waals surface area contributed by atoms with E-state index in [2.05, 4.69) is 26.6 Å². The lowest BCUT2D eigenvalue weighted by Crippen LogP contribution is -2.36. The van der Waals surface area contributed by atoms with Crippen LogP contribution in [0.3, 0.4) is 0 Å². The van der Waals surface area contributed by atoms with Gasteiger partial charge in [-0.05, 0) is 36.4 Å². The monoisotopic (exact) mass is 519 g/mol. The zero-order chi connectivity index (χ0) is 24.1. The summed E-state index contributed by atoms with van der Waals surface area (Å²) < 4.78 is 44.5. The number of aliphatic hydroxyl groups is 1. The van der Waals surface area contributed by atoms with Gasteiger partial charge in [-0.2, -0.15) is 13.2 Å². The molecular formula is C19H17BrF3N3O6.